The smallest absolute Gasteiger partial charge is 0.308 e. The molecule has 0 rings (SSSR count). The topological polar surface area (TPSA) is 26.3 Å². The minimum absolute atomic E-state index is 0.0527. The van der Waals surface area contributed by atoms with Crippen LogP contribution in [-0.2, 0) is 9.53 Å². The molecule has 0 saturated heterocycles. The van der Waals surface area contributed by atoms with Crippen LogP contribution in [0.3, 0.4) is 0 Å². The molecule has 0 spiro atoms. The maximum Gasteiger partial charge on any atom is 0.308 e. The van der Waals surface area contributed by atoms with Crippen molar-refractivity contribution >= 4 is 50.8 Å². The van der Waals surface area contributed by atoms with Crippen LogP contribution < -0.4 is 0 Å². The molecule has 0 heterocycles. The molecule has 1 unspecified atom stereocenters. The number of hydrogen-bond acceptors (Lipinski definition) is 2. The molecule has 1 atom stereocenters. The largest absolute Gasteiger partial charge is 0.464 e. The van der Waals surface area contributed by atoms with Crippen molar-refractivity contribution < 1.29 is 9.53 Å². The summed E-state index contributed by atoms with van der Waals surface area (Å²) in [4.78, 5) is 11.2. The highest BCUT2D eigenvalue weighted by molar-refractivity contribution is 9.09. The van der Waals surface area contributed by atoms with Gasteiger partial charge in [-0.05, 0) is 12.6 Å². The van der Waals surface area contributed by atoms with E-state index in [-0.39, 0.29) is 16.7 Å². The Morgan fingerprint density at radius 2 is 2.00 bits per heavy atom. The number of esters is 1. The van der Waals surface area contributed by atoms with Gasteiger partial charge in [-0.1, -0.05) is 29.8 Å². The number of rotatable bonds is 5. The van der Waals surface area contributed by atoms with Crippen LogP contribution in [-0.4, -0.2) is 24.1 Å². The standard InChI is InChI=1S/C8H15BrCl2O2Si/c1-6(2)8(12)13-4-7(9)5-14(3,10)11/h6-7H,4-5H2,1-3H3. The zero-order valence-corrected chi connectivity index (χ0v) is 12.6. The van der Waals surface area contributed by atoms with Crippen molar-refractivity contribution in [3.8, 4) is 0 Å². The van der Waals surface area contributed by atoms with Crippen molar-refractivity contribution in [3.05, 3.63) is 0 Å². The molecule has 0 bridgehead atoms. The molecule has 0 N–H and O–H groups in total. The lowest BCUT2D eigenvalue weighted by Gasteiger charge is -2.16. The first-order chi connectivity index (χ1) is 6.22. The predicted molar refractivity (Wildman–Crippen MR) is 66.6 cm³/mol. The van der Waals surface area contributed by atoms with Gasteiger partial charge >= 0.3 is 5.97 Å². The van der Waals surface area contributed by atoms with Crippen LogP contribution in [0.15, 0.2) is 0 Å². The van der Waals surface area contributed by atoms with E-state index in [1.54, 1.807) is 13.8 Å². The van der Waals surface area contributed by atoms with E-state index in [0.717, 1.165) is 0 Å². The van der Waals surface area contributed by atoms with Gasteiger partial charge < -0.3 is 4.74 Å². The van der Waals surface area contributed by atoms with Crippen LogP contribution in [0, 0.1) is 5.92 Å². The lowest BCUT2D eigenvalue weighted by atomic mass is 10.2. The molecule has 6 heteroatoms. The van der Waals surface area contributed by atoms with Gasteiger partial charge in [-0.15, -0.1) is 22.2 Å². The maximum atomic E-state index is 11.1. The zero-order valence-electron chi connectivity index (χ0n) is 8.52. The Labute approximate surface area is 104 Å². The lowest BCUT2D eigenvalue weighted by Crippen LogP contribution is -2.24. The van der Waals surface area contributed by atoms with Gasteiger partial charge in [0.1, 0.15) is 6.61 Å². The third-order valence-electron chi connectivity index (χ3n) is 1.46. The molecule has 0 saturated carbocycles. The number of halogens is 3. The van der Waals surface area contributed by atoms with Gasteiger partial charge in [0.15, 0.2) is 0 Å². The Hall–Kier alpha value is 0.747. The van der Waals surface area contributed by atoms with Crippen molar-refractivity contribution in [2.24, 2.45) is 5.92 Å². The van der Waals surface area contributed by atoms with Crippen molar-refractivity contribution in [3.63, 3.8) is 0 Å². The molecule has 0 aromatic rings. The van der Waals surface area contributed by atoms with E-state index >= 15 is 0 Å². The Kier molecular flexibility index (Phi) is 6.69. The van der Waals surface area contributed by atoms with Gasteiger partial charge in [0.2, 0.25) is 6.69 Å². The van der Waals surface area contributed by atoms with Crippen LogP contribution in [0.1, 0.15) is 13.8 Å². The third-order valence-corrected chi connectivity index (χ3v) is 4.78. The molecular weight excluding hydrogens is 307 g/mol. The van der Waals surface area contributed by atoms with E-state index in [4.69, 9.17) is 26.9 Å². The lowest BCUT2D eigenvalue weighted by molar-refractivity contribution is -0.147. The molecule has 0 fully saturated rings. The van der Waals surface area contributed by atoms with E-state index in [0.29, 0.717) is 12.7 Å². The first-order valence-electron chi connectivity index (χ1n) is 4.41. The molecule has 84 valence electrons. The van der Waals surface area contributed by atoms with E-state index in [2.05, 4.69) is 15.9 Å². The molecule has 0 aliphatic rings. The minimum atomic E-state index is -2.11. The summed E-state index contributed by atoms with van der Waals surface area (Å²) < 4.78 is 5.03. The molecular formula is C8H15BrCl2O2Si. The average Bonchev–Trinajstić information content (AvgIpc) is 1.96. The van der Waals surface area contributed by atoms with E-state index < -0.39 is 6.69 Å². The van der Waals surface area contributed by atoms with Crippen molar-refractivity contribution in [2.45, 2.75) is 31.3 Å². The number of carbonyl (C=O) groups is 1. The fourth-order valence-electron chi connectivity index (χ4n) is 0.787. The molecule has 0 aliphatic heterocycles. The Bertz CT molecular complexity index is 194. The molecule has 0 amide bonds. The van der Waals surface area contributed by atoms with Gasteiger partial charge in [-0.25, -0.2) is 0 Å². The Morgan fingerprint density at radius 3 is 2.36 bits per heavy atom. The summed E-state index contributed by atoms with van der Waals surface area (Å²) in [5.41, 5.74) is 0. The van der Waals surface area contributed by atoms with Crippen molar-refractivity contribution in [2.75, 3.05) is 6.61 Å². The van der Waals surface area contributed by atoms with Crippen LogP contribution in [0.2, 0.25) is 12.6 Å². The fraction of sp³-hybridized carbons (Fsp3) is 0.875. The van der Waals surface area contributed by atoms with E-state index in [9.17, 15) is 4.79 Å². The van der Waals surface area contributed by atoms with Gasteiger partial charge in [0, 0.05) is 4.83 Å². The maximum absolute atomic E-state index is 11.1. The van der Waals surface area contributed by atoms with E-state index in [1.807, 2.05) is 6.55 Å². The highest BCUT2D eigenvalue weighted by Gasteiger charge is 2.25. The highest BCUT2D eigenvalue weighted by atomic mass is 79.9. The van der Waals surface area contributed by atoms with Crippen LogP contribution >= 0.6 is 38.1 Å². The molecule has 2 nitrogen and oxygen atoms in total. The van der Waals surface area contributed by atoms with Crippen molar-refractivity contribution in [1.82, 2.24) is 0 Å². The zero-order chi connectivity index (χ0) is 11.4. The fourth-order valence-corrected chi connectivity index (χ4v) is 5.99. The summed E-state index contributed by atoms with van der Waals surface area (Å²) in [6.45, 7) is 3.66. The van der Waals surface area contributed by atoms with Gasteiger partial charge in [-0.3, -0.25) is 4.79 Å². The SMILES string of the molecule is CC(C)C(=O)OCC(Br)C[Si](C)(Cl)Cl. The number of carbonyl (C=O) groups excluding carboxylic acids is 1. The molecule has 0 aliphatic carbocycles. The second-order valence-corrected chi connectivity index (χ2v) is 13.1. The Balaban J connectivity index is 3.75. The van der Waals surface area contributed by atoms with Gasteiger partial charge in [0.05, 0.1) is 5.92 Å². The third kappa shape index (κ3) is 8.09. The molecule has 0 aromatic carbocycles. The first-order valence-corrected chi connectivity index (χ1v) is 10.1. The summed E-state index contributed by atoms with van der Waals surface area (Å²) in [7, 11) is 0. The Morgan fingerprint density at radius 1 is 1.50 bits per heavy atom. The van der Waals surface area contributed by atoms with Gasteiger partial charge in [0.25, 0.3) is 0 Å². The summed E-state index contributed by atoms with van der Waals surface area (Å²) in [5, 5.41) is 0. The average molecular weight is 322 g/mol. The van der Waals surface area contributed by atoms with Gasteiger partial charge in [-0.2, -0.15) is 0 Å². The number of alkyl halides is 1. The summed E-state index contributed by atoms with van der Waals surface area (Å²) >= 11 is 15.3. The summed E-state index contributed by atoms with van der Waals surface area (Å²) in [6.07, 6.45) is 0. The van der Waals surface area contributed by atoms with E-state index in [1.165, 1.54) is 0 Å². The number of hydrogen-bond donors (Lipinski definition) is 0. The first kappa shape index (κ1) is 14.7. The minimum Gasteiger partial charge on any atom is -0.464 e. The molecule has 0 aromatic heterocycles. The predicted octanol–water partition coefficient (Wildman–Crippen LogP) is 3.50. The summed E-state index contributed by atoms with van der Waals surface area (Å²) in [6, 6.07) is 0.668. The van der Waals surface area contributed by atoms with Crippen LogP contribution in [0.4, 0.5) is 0 Å². The van der Waals surface area contributed by atoms with Crippen molar-refractivity contribution in [1.29, 1.82) is 0 Å². The number of ether oxygens (including phenoxy) is 1. The summed E-state index contributed by atoms with van der Waals surface area (Å²) in [5.74, 6) is -0.285. The highest BCUT2D eigenvalue weighted by Crippen LogP contribution is 2.25. The monoisotopic (exact) mass is 320 g/mol. The molecule has 14 heavy (non-hydrogen) atoms. The van der Waals surface area contributed by atoms with Crippen LogP contribution in [0.5, 0.6) is 0 Å². The van der Waals surface area contributed by atoms with Crippen LogP contribution in [0.25, 0.3) is 0 Å². The molecule has 0 radical (unpaired) electrons. The normalized spacial score (nSPS) is 14.2. The quantitative estimate of drug-likeness (QED) is 0.335. The second-order valence-electron chi connectivity index (χ2n) is 3.66. The second kappa shape index (κ2) is 6.36.